The first-order valence-electron chi connectivity index (χ1n) is 11.9. The molecule has 1 saturated carbocycles. The average molecular weight is 422 g/mol. The molecule has 1 aliphatic carbocycles. The number of rotatable bonds is 9. The minimum absolute atomic E-state index is 0.0943. The van der Waals surface area contributed by atoms with Crippen molar-refractivity contribution >= 4 is 5.91 Å². The van der Waals surface area contributed by atoms with Crippen LogP contribution in [0.3, 0.4) is 0 Å². The van der Waals surface area contributed by atoms with Crippen molar-refractivity contribution in [1.82, 2.24) is 15.2 Å². The summed E-state index contributed by atoms with van der Waals surface area (Å²) in [5, 5.41) is 2.91. The van der Waals surface area contributed by atoms with Gasteiger partial charge in [0.2, 0.25) is 0 Å². The first-order valence-corrected chi connectivity index (χ1v) is 11.9. The number of pyridine rings is 1. The highest BCUT2D eigenvalue weighted by atomic mass is 16.5. The van der Waals surface area contributed by atoms with Crippen molar-refractivity contribution in [2.24, 2.45) is 5.92 Å². The Morgan fingerprint density at radius 2 is 1.81 bits per heavy atom. The van der Waals surface area contributed by atoms with Crippen LogP contribution in [0.25, 0.3) is 0 Å². The van der Waals surface area contributed by atoms with Gasteiger partial charge >= 0.3 is 0 Å². The van der Waals surface area contributed by atoms with Crippen molar-refractivity contribution in [3.8, 4) is 5.75 Å². The number of nitrogens with one attached hydrogen (secondary N) is 1. The van der Waals surface area contributed by atoms with E-state index in [1.54, 1.807) is 6.20 Å². The second-order valence-electron chi connectivity index (χ2n) is 8.98. The van der Waals surface area contributed by atoms with Gasteiger partial charge in [-0.3, -0.25) is 9.78 Å². The number of amides is 1. The zero-order valence-electron chi connectivity index (χ0n) is 18.5. The molecule has 1 saturated heterocycles. The second-order valence-corrected chi connectivity index (χ2v) is 8.98. The lowest BCUT2D eigenvalue weighted by Gasteiger charge is -2.32. The molecule has 1 aliphatic heterocycles. The van der Waals surface area contributed by atoms with Gasteiger partial charge in [0.25, 0.3) is 5.91 Å². The first-order chi connectivity index (χ1) is 15.3. The van der Waals surface area contributed by atoms with Crippen molar-refractivity contribution in [2.45, 2.75) is 64.0 Å². The van der Waals surface area contributed by atoms with E-state index in [9.17, 15) is 4.79 Å². The number of carbonyl (C=O) groups excluding carboxylic acids is 1. The fourth-order valence-corrected chi connectivity index (χ4v) is 4.81. The molecule has 1 aromatic heterocycles. The highest BCUT2D eigenvalue weighted by Gasteiger charge is 2.21. The molecule has 0 spiro atoms. The highest BCUT2D eigenvalue weighted by molar-refractivity contribution is 5.94. The van der Waals surface area contributed by atoms with Crippen LogP contribution in [0.15, 0.2) is 48.7 Å². The predicted octanol–water partition coefficient (Wildman–Crippen LogP) is 4.83. The standard InChI is InChI=1S/C26H35N3O2/c30-26(28-20-23-9-3-4-16-27-23)22-10-12-24(13-11-22)31-25-14-18-29(19-15-25)17-5-8-21-6-1-2-7-21/h3-4,9-13,16,21,25H,1-2,5-8,14-15,17-20H2,(H,28,30). The number of hydrogen-bond donors (Lipinski definition) is 1. The normalized spacial score (nSPS) is 18.2. The average Bonchev–Trinajstić information content (AvgIpc) is 3.33. The summed E-state index contributed by atoms with van der Waals surface area (Å²) in [4.78, 5) is 19.2. The molecule has 5 nitrogen and oxygen atoms in total. The third-order valence-electron chi connectivity index (χ3n) is 6.67. The van der Waals surface area contributed by atoms with Crippen molar-refractivity contribution in [3.05, 3.63) is 59.9 Å². The molecule has 2 aromatic rings. The van der Waals surface area contributed by atoms with Crippen LogP contribution in [0.5, 0.6) is 5.75 Å². The lowest BCUT2D eigenvalue weighted by Crippen LogP contribution is -2.38. The number of carbonyl (C=O) groups is 1. The molecule has 1 amide bonds. The summed E-state index contributed by atoms with van der Waals surface area (Å²) in [5.41, 5.74) is 1.49. The number of aromatic nitrogens is 1. The molecule has 2 aliphatic rings. The van der Waals surface area contributed by atoms with Crippen LogP contribution < -0.4 is 10.1 Å². The SMILES string of the molecule is O=C(NCc1ccccn1)c1ccc(OC2CCN(CCCC3CCCC3)CC2)cc1. The van der Waals surface area contributed by atoms with Gasteiger partial charge in [-0.2, -0.15) is 0 Å². The summed E-state index contributed by atoms with van der Waals surface area (Å²) in [6, 6.07) is 13.2. The molecule has 31 heavy (non-hydrogen) atoms. The maximum atomic E-state index is 12.3. The highest BCUT2D eigenvalue weighted by Crippen LogP contribution is 2.28. The Labute approximate surface area is 186 Å². The van der Waals surface area contributed by atoms with E-state index in [-0.39, 0.29) is 12.0 Å². The van der Waals surface area contributed by atoms with E-state index >= 15 is 0 Å². The Kier molecular flexibility index (Phi) is 7.94. The third kappa shape index (κ3) is 6.79. The predicted molar refractivity (Wildman–Crippen MR) is 123 cm³/mol. The van der Waals surface area contributed by atoms with Crippen molar-refractivity contribution < 1.29 is 9.53 Å². The van der Waals surface area contributed by atoms with Crippen LogP contribution in [0.4, 0.5) is 0 Å². The fraction of sp³-hybridized carbons (Fsp3) is 0.538. The van der Waals surface area contributed by atoms with Crippen LogP contribution >= 0.6 is 0 Å². The lowest BCUT2D eigenvalue weighted by atomic mass is 10.0. The maximum Gasteiger partial charge on any atom is 0.251 e. The summed E-state index contributed by atoms with van der Waals surface area (Å²) in [7, 11) is 0. The fourth-order valence-electron chi connectivity index (χ4n) is 4.81. The van der Waals surface area contributed by atoms with Gasteiger partial charge in [0.15, 0.2) is 0 Å². The summed E-state index contributed by atoms with van der Waals surface area (Å²) in [6.45, 7) is 3.93. The van der Waals surface area contributed by atoms with Crippen molar-refractivity contribution in [3.63, 3.8) is 0 Å². The number of hydrogen-bond acceptors (Lipinski definition) is 4. The molecule has 2 heterocycles. The molecular formula is C26H35N3O2. The van der Waals surface area contributed by atoms with Crippen molar-refractivity contribution in [2.75, 3.05) is 19.6 Å². The summed E-state index contributed by atoms with van der Waals surface area (Å²) < 4.78 is 6.19. The van der Waals surface area contributed by atoms with E-state index in [0.29, 0.717) is 12.1 Å². The molecule has 4 rings (SSSR count). The topological polar surface area (TPSA) is 54.5 Å². The van der Waals surface area contributed by atoms with Crippen molar-refractivity contribution in [1.29, 1.82) is 0 Å². The molecular weight excluding hydrogens is 386 g/mol. The van der Waals surface area contributed by atoms with E-state index in [2.05, 4.69) is 15.2 Å². The van der Waals surface area contributed by atoms with E-state index in [4.69, 9.17) is 4.74 Å². The van der Waals surface area contributed by atoms with E-state index in [0.717, 1.165) is 43.3 Å². The minimum Gasteiger partial charge on any atom is -0.490 e. The third-order valence-corrected chi connectivity index (χ3v) is 6.67. The Morgan fingerprint density at radius 1 is 1.03 bits per heavy atom. The Bertz CT molecular complexity index is 795. The molecule has 0 unspecified atom stereocenters. The number of likely N-dealkylation sites (tertiary alicyclic amines) is 1. The number of ether oxygens (including phenoxy) is 1. The van der Waals surface area contributed by atoms with Crippen LogP contribution in [0.1, 0.15) is 67.4 Å². The summed E-state index contributed by atoms with van der Waals surface area (Å²) in [6.07, 6.45) is 12.7. The van der Waals surface area contributed by atoms with Crippen LogP contribution in [0.2, 0.25) is 0 Å². The van der Waals surface area contributed by atoms with Gasteiger partial charge in [-0.05, 0) is 74.5 Å². The van der Waals surface area contributed by atoms with Gasteiger partial charge in [0.05, 0.1) is 12.2 Å². The van der Waals surface area contributed by atoms with Gasteiger partial charge in [-0.15, -0.1) is 0 Å². The molecule has 0 radical (unpaired) electrons. The Morgan fingerprint density at radius 3 is 2.52 bits per heavy atom. The Balaban J connectivity index is 1.15. The van der Waals surface area contributed by atoms with E-state index in [1.807, 2.05) is 42.5 Å². The number of nitrogens with zero attached hydrogens (tertiary/aromatic N) is 2. The van der Waals surface area contributed by atoms with Crippen LogP contribution in [0, 0.1) is 5.92 Å². The molecule has 0 atom stereocenters. The summed E-state index contributed by atoms with van der Waals surface area (Å²) >= 11 is 0. The van der Waals surface area contributed by atoms with Gasteiger partial charge < -0.3 is 15.0 Å². The Hall–Kier alpha value is -2.40. The van der Waals surface area contributed by atoms with Gasteiger partial charge in [0, 0.05) is 24.8 Å². The zero-order chi connectivity index (χ0) is 21.3. The van der Waals surface area contributed by atoms with Gasteiger partial charge in [-0.1, -0.05) is 31.7 Å². The monoisotopic (exact) mass is 421 g/mol. The van der Waals surface area contributed by atoms with E-state index in [1.165, 1.54) is 45.1 Å². The number of piperidine rings is 1. The molecule has 5 heteroatoms. The summed E-state index contributed by atoms with van der Waals surface area (Å²) in [5.74, 6) is 1.75. The molecule has 1 aromatic carbocycles. The smallest absolute Gasteiger partial charge is 0.251 e. The zero-order valence-corrected chi connectivity index (χ0v) is 18.5. The second kappa shape index (κ2) is 11.3. The molecule has 0 bridgehead atoms. The van der Waals surface area contributed by atoms with E-state index < -0.39 is 0 Å². The largest absolute Gasteiger partial charge is 0.490 e. The maximum absolute atomic E-state index is 12.3. The lowest BCUT2D eigenvalue weighted by molar-refractivity contribution is 0.0949. The first kappa shape index (κ1) is 21.8. The number of benzene rings is 1. The van der Waals surface area contributed by atoms with Crippen LogP contribution in [-0.4, -0.2) is 41.5 Å². The van der Waals surface area contributed by atoms with Crippen LogP contribution in [-0.2, 0) is 6.54 Å². The molecule has 2 fully saturated rings. The van der Waals surface area contributed by atoms with Gasteiger partial charge in [0.1, 0.15) is 11.9 Å². The minimum atomic E-state index is -0.0943. The quantitative estimate of drug-likeness (QED) is 0.630. The molecule has 1 N–H and O–H groups in total. The molecule has 166 valence electrons. The van der Waals surface area contributed by atoms with Gasteiger partial charge in [-0.25, -0.2) is 0 Å².